The number of aliphatic hydroxyl groups excluding tert-OH is 1. The van der Waals surface area contributed by atoms with Crippen molar-refractivity contribution in [3.05, 3.63) is 29.8 Å². The smallest absolute Gasteiger partial charge is 0.249 e. The van der Waals surface area contributed by atoms with Gasteiger partial charge in [0, 0.05) is 5.69 Å². The zero-order valence-electron chi connectivity index (χ0n) is 10.4. The van der Waals surface area contributed by atoms with Crippen molar-refractivity contribution in [2.75, 3.05) is 11.4 Å². The molecule has 1 aliphatic heterocycles. The summed E-state index contributed by atoms with van der Waals surface area (Å²) < 4.78 is 0. The van der Waals surface area contributed by atoms with Crippen LogP contribution in [0.5, 0.6) is 0 Å². The summed E-state index contributed by atoms with van der Waals surface area (Å²) in [4.78, 5) is 24.7. The van der Waals surface area contributed by atoms with E-state index in [0.29, 0.717) is 0 Å². The first-order valence-corrected chi connectivity index (χ1v) is 5.87. The minimum absolute atomic E-state index is 0.168. The largest absolute Gasteiger partial charge is 0.389 e. The van der Waals surface area contributed by atoms with Gasteiger partial charge in [0.15, 0.2) is 0 Å². The van der Waals surface area contributed by atoms with Crippen LogP contribution in [0, 0.1) is 0 Å². The fourth-order valence-electron chi connectivity index (χ4n) is 1.97. The van der Waals surface area contributed by atoms with Crippen LogP contribution in [0.3, 0.4) is 0 Å². The Morgan fingerprint density at radius 3 is 2.50 bits per heavy atom. The Morgan fingerprint density at radius 1 is 1.33 bits per heavy atom. The molecular weight excluding hydrogens is 232 g/mol. The van der Waals surface area contributed by atoms with Gasteiger partial charge in [-0.3, -0.25) is 14.9 Å². The van der Waals surface area contributed by atoms with Gasteiger partial charge in [-0.05, 0) is 31.5 Å². The van der Waals surface area contributed by atoms with Crippen LogP contribution in [0.25, 0.3) is 0 Å². The Morgan fingerprint density at radius 2 is 1.94 bits per heavy atom. The van der Waals surface area contributed by atoms with Gasteiger partial charge in [-0.15, -0.1) is 0 Å². The molecule has 2 rings (SSSR count). The number of nitrogens with zero attached hydrogens (tertiary/aromatic N) is 1. The van der Waals surface area contributed by atoms with E-state index in [-0.39, 0.29) is 24.4 Å². The Balaban J connectivity index is 2.24. The lowest BCUT2D eigenvalue weighted by molar-refractivity contribution is -0.132. The normalized spacial score (nSPS) is 21.7. The summed E-state index contributed by atoms with van der Waals surface area (Å²) >= 11 is 0. The van der Waals surface area contributed by atoms with E-state index < -0.39 is 6.10 Å². The van der Waals surface area contributed by atoms with Crippen LogP contribution in [0.4, 0.5) is 5.69 Å². The standard InChI is InChI=1S/C13H16N2O3/c1-8-13(18)14-12(17)7-15(8)11-5-3-10(4-6-11)9(2)16/h3-6,8-9,16H,7H2,1-2H3,(H,14,17,18)/t8?,9-/m0/s1. The summed E-state index contributed by atoms with van der Waals surface area (Å²) in [6.07, 6.45) is -0.525. The van der Waals surface area contributed by atoms with E-state index in [4.69, 9.17) is 0 Å². The summed E-state index contributed by atoms with van der Waals surface area (Å²) in [6, 6.07) is 6.84. The molecule has 1 heterocycles. The van der Waals surface area contributed by atoms with Crippen LogP contribution in [-0.4, -0.2) is 29.5 Å². The van der Waals surface area contributed by atoms with E-state index >= 15 is 0 Å². The van der Waals surface area contributed by atoms with E-state index in [1.165, 1.54) is 0 Å². The highest BCUT2D eigenvalue weighted by atomic mass is 16.3. The van der Waals surface area contributed by atoms with E-state index in [1.54, 1.807) is 30.9 Å². The maximum Gasteiger partial charge on any atom is 0.249 e. The number of benzene rings is 1. The van der Waals surface area contributed by atoms with E-state index in [1.807, 2.05) is 12.1 Å². The molecule has 0 spiro atoms. The molecule has 0 saturated carbocycles. The number of aliphatic hydroxyl groups is 1. The highest BCUT2D eigenvalue weighted by Gasteiger charge is 2.30. The second kappa shape index (κ2) is 4.78. The lowest BCUT2D eigenvalue weighted by atomic mass is 10.1. The second-order valence-corrected chi connectivity index (χ2v) is 4.48. The third-order valence-electron chi connectivity index (χ3n) is 3.13. The van der Waals surface area contributed by atoms with Crippen LogP contribution >= 0.6 is 0 Å². The van der Waals surface area contributed by atoms with Crippen molar-refractivity contribution in [3.63, 3.8) is 0 Å². The van der Waals surface area contributed by atoms with Gasteiger partial charge in [0.2, 0.25) is 11.8 Å². The molecule has 0 radical (unpaired) electrons. The van der Waals surface area contributed by atoms with Gasteiger partial charge in [0.1, 0.15) is 6.04 Å². The zero-order valence-corrected chi connectivity index (χ0v) is 10.4. The van der Waals surface area contributed by atoms with E-state index in [0.717, 1.165) is 11.3 Å². The van der Waals surface area contributed by atoms with Gasteiger partial charge in [0.25, 0.3) is 0 Å². The quantitative estimate of drug-likeness (QED) is 0.752. The first kappa shape index (κ1) is 12.6. The number of carbonyl (C=O) groups is 2. The van der Waals surface area contributed by atoms with Crippen molar-refractivity contribution in [3.8, 4) is 0 Å². The summed E-state index contributed by atoms with van der Waals surface area (Å²) in [6.45, 7) is 3.61. The van der Waals surface area contributed by atoms with Gasteiger partial charge in [0.05, 0.1) is 12.6 Å². The van der Waals surface area contributed by atoms with Gasteiger partial charge in [-0.25, -0.2) is 0 Å². The van der Waals surface area contributed by atoms with Crippen molar-refractivity contribution >= 4 is 17.5 Å². The van der Waals surface area contributed by atoms with Gasteiger partial charge >= 0.3 is 0 Å². The minimum Gasteiger partial charge on any atom is -0.389 e. The number of amides is 2. The van der Waals surface area contributed by atoms with Crippen molar-refractivity contribution in [1.29, 1.82) is 0 Å². The molecule has 2 amide bonds. The number of imide groups is 1. The number of anilines is 1. The maximum atomic E-state index is 11.5. The highest BCUT2D eigenvalue weighted by Crippen LogP contribution is 2.22. The van der Waals surface area contributed by atoms with E-state index in [9.17, 15) is 14.7 Å². The molecule has 0 bridgehead atoms. The topological polar surface area (TPSA) is 69.6 Å². The second-order valence-electron chi connectivity index (χ2n) is 4.48. The van der Waals surface area contributed by atoms with Crippen LogP contribution in [0.15, 0.2) is 24.3 Å². The van der Waals surface area contributed by atoms with Crippen LogP contribution in [0.2, 0.25) is 0 Å². The minimum atomic E-state index is -0.525. The lowest BCUT2D eigenvalue weighted by Crippen LogP contribution is -2.57. The van der Waals surface area contributed by atoms with Crippen molar-refractivity contribution in [1.82, 2.24) is 5.32 Å². The summed E-state index contributed by atoms with van der Waals surface area (Å²) in [5, 5.41) is 11.7. The number of rotatable bonds is 2. The summed E-state index contributed by atoms with van der Waals surface area (Å²) in [5.41, 5.74) is 1.61. The Labute approximate surface area is 105 Å². The molecule has 18 heavy (non-hydrogen) atoms. The predicted octanol–water partition coefficient (Wildman–Crippen LogP) is 0.591. The molecule has 1 unspecified atom stereocenters. The molecule has 2 N–H and O–H groups in total. The van der Waals surface area contributed by atoms with Crippen LogP contribution in [-0.2, 0) is 9.59 Å². The fourth-order valence-corrected chi connectivity index (χ4v) is 1.97. The number of hydrogen-bond donors (Lipinski definition) is 2. The number of carbonyl (C=O) groups excluding carboxylic acids is 2. The molecule has 0 aromatic heterocycles. The first-order valence-electron chi connectivity index (χ1n) is 5.87. The molecule has 1 aliphatic rings. The van der Waals surface area contributed by atoms with Crippen LogP contribution < -0.4 is 10.2 Å². The number of hydrogen-bond acceptors (Lipinski definition) is 4. The first-order chi connectivity index (χ1) is 8.49. The average Bonchev–Trinajstić information content (AvgIpc) is 2.34. The Kier molecular flexibility index (Phi) is 3.34. The van der Waals surface area contributed by atoms with Crippen molar-refractivity contribution in [2.24, 2.45) is 0 Å². The van der Waals surface area contributed by atoms with Crippen LogP contribution in [0.1, 0.15) is 25.5 Å². The van der Waals surface area contributed by atoms with Crippen molar-refractivity contribution in [2.45, 2.75) is 26.0 Å². The van der Waals surface area contributed by atoms with Crippen molar-refractivity contribution < 1.29 is 14.7 Å². The van der Waals surface area contributed by atoms with Gasteiger partial charge in [-0.1, -0.05) is 12.1 Å². The monoisotopic (exact) mass is 248 g/mol. The molecule has 2 atom stereocenters. The molecule has 5 heteroatoms. The predicted molar refractivity (Wildman–Crippen MR) is 67.0 cm³/mol. The molecule has 0 aliphatic carbocycles. The number of piperazine rings is 1. The molecule has 1 aromatic carbocycles. The summed E-state index contributed by atoms with van der Waals surface area (Å²) in [5.74, 6) is -0.580. The summed E-state index contributed by atoms with van der Waals surface area (Å²) in [7, 11) is 0. The Bertz CT molecular complexity index is 468. The lowest BCUT2D eigenvalue weighted by Gasteiger charge is -2.33. The fraction of sp³-hybridized carbons (Fsp3) is 0.385. The zero-order chi connectivity index (χ0) is 13.3. The highest BCUT2D eigenvalue weighted by molar-refractivity contribution is 6.04. The van der Waals surface area contributed by atoms with Gasteiger partial charge in [-0.2, -0.15) is 0 Å². The maximum absolute atomic E-state index is 11.5. The molecule has 1 fully saturated rings. The SMILES string of the molecule is CC1C(=O)NC(=O)CN1c1ccc([C@H](C)O)cc1. The van der Waals surface area contributed by atoms with E-state index in [2.05, 4.69) is 5.32 Å². The molecular formula is C13H16N2O3. The Hall–Kier alpha value is -1.88. The molecule has 1 saturated heterocycles. The average molecular weight is 248 g/mol. The van der Waals surface area contributed by atoms with Gasteiger partial charge < -0.3 is 10.0 Å². The number of nitrogens with one attached hydrogen (secondary N) is 1. The molecule has 96 valence electrons. The molecule has 1 aromatic rings. The third-order valence-corrected chi connectivity index (χ3v) is 3.13. The molecule has 5 nitrogen and oxygen atoms in total. The third kappa shape index (κ3) is 2.36.